The summed E-state index contributed by atoms with van der Waals surface area (Å²) in [5.41, 5.74) is 1.25. The van der Waals surface area contributed by atoms with Gasteiger partial charge in [-0.15, -0.1) is 0 Å². The third-order valence-corrected chi connectivity index (χ3v) is 4.81. The molecule has 2 aromatic heterocycles. The van der Waals surface area contributed by atoms with E-state index in [0.29, 0.717) is 11.8 Å². The molecule has 1 aliphatic rings. The summed E-state index contributed by atoms with van der Waals surface area (Å²) >= 11 is 0. The lowest BCUT2D eigenvalue weighted by molar-refractivity contribution is 0.0693. The summed E-state index contributed by atoms with van der Waals surface area (Å²) in [5.74, 6) is -0.528. The van der Waals surface area contributed by atoms with Crippen LogP contribution in [0.3, 0.4) is 0 Å². The zero-order chi connectivity index (χ0) is 21.6. The molecule has 30 heavy (non-hydrogen) atoms. The van der Waals surface area contributed by atoms with E-state index < -0.39 is 11.8 Å². The van der Waals surface area contributed by atoms with Crippen molar-refractivity contribution in [1.29, 1.82) is 0 Å². The minimum absolute atomic E-state index is 0.213. The van der Waals surface area contributed by atoms with Crippen LogP contribution in [-0.4, -0.2) is 49.4 Å². The molecule has 0 radical (unpaired) electrons. The Morgan fingerprint density at radius 2 is 1.67 bits per heavy atom. The first-order valence-electron chi connectivity index (χ1n) is 9.32. The summed E-state index contributed by atoms with van der Waals surface area (Å²) < 4.78 is 1.47. The summed E-state index contributed by atoms with van der Waals surface area (Å²) in [7, 11) is 1.41. The maximum atomic E-state index is 12.9. The van der Waals surface area contributed by atoms with Crippen molar-refractivity contribution in [3.8, 4) is 5.95 Å². The number of amides is 3. The highest BCUT2D eigenvalue weighted by atomic mass is 16.2. The summed E-state index contributed by atoms with van der Waals surface area (Å²) in [6.45, 7) is 6.03. The molecule has 0 aliphatic carbocycles. The van der Waals surface area contributed by atoms with E-state index in [1.807, 2.05) is 20.8 Å². The minimum Gasteiger partial charge on any atom is -0.306 e. The maximum Gasteiger partial charge on any atom is 0.261 e. The minimum atomic E-state index is -0.440. The van der Waals surface area contributed by atoms with Gasteiger partial charge >= 0.3 is 0 Å². The SMILES string of the molecule is CN1C(=O)c2ccc(C(=O)Nc3cc(C(C)(C)C)nn3-c3ncccn3)cc2C1=O. The molecular formula is C21H20N6O3. The predicted octanol–water partition coefficient (Wildman–Crippen LogP) is 2.44. The van der Waals surface area contributed by atoms with Crippen molar-refractivity contribution >= 4 is 23.5 Å². The quantitative estimate of drug-likeness (QED) is 0.672. The van der Waals surface area contributed by atoms with E-state index in [4.69, 9.17) is 0 Å². The number of benzene rings is 1. The number of anilines is 1. The number of aromatic nitrogens is 4. The van der Waals surface area contributed by atoms with Gasteiger partial charge in [0.05, 0.1) is 16.8 Å². The van der Waals surface area contributed by atoms with Crippen molar-refractivity contribution < 1.29 is 14.4 Å². The Hall–Kier alpha value is -3.88. The smallest absolute Gasteiger partial charge is 0.261 e. The molecule has 0 fully saturated rings. The van der Waals surface area contributed by atoms with Crippen LogP contribution in [-0.2, 0) is 5.41 Å². The third-order valence-electron chi connectivity index (χ3n) is 4.81. The van der Waals surface area contributed by atoms with Gasteiger partial charge in [0.25, 0.3) is 23.7 Å². The van der Waals surface area contributed by atoms with Crippen molar-refractivity contribution in [1.82, 2.24) is 24.6 Å². The van der Waals surface area contributed by atoms with Crippen molar-refractivity contribution in [3.63, 3.8) is 0 Å². The maximum absolute atomic E-state index is 12.9. The molecular weight excluding hydrogens is 384 g/mol. The Morgan fingerprint density at radius 1 is 1.00 bits per heavy atom. The molecule has 3 amide bonds. The molecule has 152 valence electrons. The second kappa shape index (κ2) is 6.87. The normalized spacial score (nSPS) is 13.5. The number of carbonyl (C=O) groups excluding carboxylic acids is 3. The summed E-state index contributed by atoms with van der Waals surface area (Å²) in [4.78, 5) is 46.7. The highest BCUT2D eigenvalue weighted by Crippen LogP contribution is 2.27. The average Bonchev–Trinajstić information content (AvgIpc) is 3.24. The number of hydrogen-bond acceptors (Lipinski definition) is 6. The number of nitrogens with one attached hydrogen (secondary N) is 1. The van der Waals surface area contributed by atoms with E-state index in [9.17, 15) is 14.4 Å². The molecule has 3 aromatic rings. The highest BCUT2D eigenvalue weighted by Gasteiger charge is 2.33. The molecule has 3 heterocycles. The van der Waals surface area contributed by atoms with Crippen LogP contribution in [0.5, 0.6) is 0 Å². The largest absolute Gasteiger partial charge is 0.306 e. The van der Waals surface area contributed by atoms with Crippen LogP contribution in [0.15, 0.2) is 42.7 Å². The van der Waals surface area contributed by atoms with Gasteiger partial charge in [-0.05, 0) is 24.3 Å². The van der Waals surface area contributed by atoms with E-state index >= 15 is 0 Å². The molecule has 4 rings (SSSR count). The Balaban J connectivity index is 1.70. The topological polar surface area (TPSA) is 110 Å². The van der Waals surface area contributed by atoms with Gasteiger partial charge in [-0.1, -0.05) is 20.8 Å². The van der Waals surface area contributed by atoms with Crippen LogP contribution in [0.1, 0.15) is 57.5 Å². The van der Waals surface area contributed by atoms with E-state index in [-0.39, 0.29) is 28.0 Å². The number of rotatable bonds is 3. The molecule has 9 heteroatoms. The Morgan fingerprint density at radius 3 is 2.33 bits per heavy atom. The lowest BCUT2D eigenvalue weighted by Crippen LogP contribution is -2.24. The van der Waals surface area contributed by atoms with Crippen LogP contribution in [0, 0.1) is 0 Å². The second-order valence-electron chi connectivity index (χ2n) is 8.01. The van der Waals surface area contributed by atoms with Crippen LogP contribution in [0.25, 0.3) is 5.95 Å². The van der Waals surface area contributed by atoms with Crippen LogP contribution in [0.4, 0.5) is 5.82 Å². The fourth-order valence-electron chi connectivity index (χ4n) is 3.08. The molecule has 9 nitrogen and oxygen atoms in total. The molecule has 0 atom stereocenters. The second-order valence-corrected chi connectivity index (χ2v) is 8.01. The van der Waals surface area contributed by atoms with Crippen LogP contribution in [0.2, 0.25) is 0 Å². The summed E-state index contributed by atoms with van der Waals surface area (Å²) in [5, 5.41) is 7.38. The molecule has 0 saturated heterocycles. The van der Waals surface area contributed by atoms with Gasteiger partial charge in [-0.3, -0.25) is 19.3 Å². The van der Waals surface area contributed by atoms with Crippen molar-refractivity contribution in [3.05, 3.63) is 65.1 Å². The number of fused-ring (bicyclic) bond motifs is 1. The van der Waals surface area contributed by atoms with E-state index in [1.54, 1.807) is 24.5 Å². The van der Waals surface area contributed by atoms with Crippen LogP contribution < -0.4 is 5.32 Å². The lowest BCUT2D eigenvalue weighted by atomic mass is 9.92. The van der Waals surface area contributed by atoms with Gasteiger partial charge in [-0.25, -0.2) is 9.97 Å². The standard InChI is InChI=1S/C21H20N6O3/c1-21(2,3)15-11-16(27(25-15)20-22-8-5-9-23-20)24-17(28)12-6-7-13-14(10-12)19(30)26(4)18(13)29/h5-11H,1-4H3,(H,24,28). The van der Waals surface area contributed by atoms with Gasteiger partial charge in [0.2, 0.25) is 0 Å². The third kappa shape index (κ3) is 3.24. The first-order valence-corrected chi connectivity index (χ1v) is 9.32. The molecule has 0 bridgehead atoms. The molecule has 0 saturated carbocycles. The molecule has 1 aliphatic heterocycles. The fourth-order valence-corrected chi connectivity index (χ4v) is 3.08. The summed E-state index contributed by atoms with van der Waals surface area (Å²) in [6, 6.07) is 7.90. The zero-order valence-electron chi connectivity index (χ0n) is 17.0. The number of carbonyl (C=O) groups is 3. The van der Waals surface area contributed by atoms with Gasteiger partial charge < -0.3 is 5.32 Å². The number of nitrogens with zero attached hydrogens (tertiary/aromatic N) is 5. The van der Waals surface area contributed by atoms with Gasteiger partial charge in [-0.2, -0.15) is 9.78 Å². The lowest BCUT2D eigenvalue weighted by Gasteiger charge is -2.13. The van der Waals surface area contributed by atoms with E-state index in [2.05, 4.69) is 20.4 Å². The molecule has 1 N–H and O–H groups in total. The van der Waals surface area contributed by atoms with E-state index in [0.717, 1.165) is 10.6 Å². The van der Waals surface area contributed by atoms with Crippen molar-refractivity contribution in [2.24, 2.45) is 0 Å². The van der Waals surface area contributed by atoms with Gasteiger partial charge in [0, 0.05) is 36.5 Å². The molecule has 0 unspecified atom stereocenters. The summed E-state index contributed by atoms with van der Waals surface area (Å²) in [6.07, 6.45) is 3.18. The Kier molecular flexibility index (Phi) is 4.45. The molecule has 0 spiro atoms. The van der Waals surface area contributed by atoms with Crippen molar-refractivity contribution in [2.45, 2.75) is 26.2 Å². The zero-order valence-corrected chi connectivity index (χ0v) is 17.0. The Labute approximate surface area is 172 Å². The average molecular weight is 404 g/mol. The van der Waals surface area contributed by atoms with Gasteiger partial charge in [0.15, 0.2) is 0 Å². The van der Waals surface area contributed by atoms with Crippen LogP contribution >= 0.6 is 0 Å². The molecule has 1 aromatic carbocycles. The monoisotopic (exact) mass is 404 g/mol. The number of imide groups is 1. The predicted molar refractivity (Wildman–Crippen MR) is 109 cm³/mol. The Bertz CT molecular complexity index is 1180. The van der Waals surface area contributed by atoms with Crippen molar-refractivity contribution in [2.75, 3.05) is 12.4 Å². The fraction of sp³-hybridized carbons (Fsp3) is 0.238. The van der Waals surface area contributed by atoms with Gasteiger partial charge in [0.1, 0.15) is 5.82 Å². The number of hydrogen-bond donors (Lipinski definition) is 1. The van der Waals surface area contributed by atoms with E-state index in [1.165, 1.54) is 29.9 Å². The first-order chi connectivity index (χ1) is 14.2. The first kappa shape index (κ1) is 19.4. The highest BCUT2D eigenvalue weighted by molar-refractivity contribution is 6.22.